The Morgan fingerprint density at radius 2 is 1.53 bits per heavy atom. The molecule has 17 heavy (non-hydrogen) atoms. The Balaban J connectivity index is 0.000000325. The molecule has 0 amide bonds. The number of aromatic nitrogens is 1. The van der Waals surface area contributed by atoms with Crippen LogP contribution in [0.5, 0.6) is 0 Å². The summed E-state index contributed by atoms with van der Waals surface area (Å²) in [6, 6.07) is 1.25. The van der Waals surface area contributed by atoms with Gasteiger partial charge in [-0.1, -0.05) is 50.9 Å². The van der Waals surface area contributed by atoms with Gasteiger partial charge in [-0.05, 0) is 0 Å². The third-order valence-corrected chi connectivity index (χ3v) is 2.28. The SMILES string of the molecule is CC(C)NC(C)C.O=Cc1c(Cl)cncc1Cl. The number of carbonyl (C=O) groups is 1. The highest BCUT2D eigenvalue weighted by atomic mass is 35.5. The molecular weight excluding hydrogens is 259 g/mol. The summed E-state index contributed by atoms with van der Waals surface area (Å²) < 4.78 is 0. The number of carbonyl (C=O) groups excluding carboxylic acids is 1. The first-order valence-corrected chi connectivity index (χ1v) is 6.14. The molecule has 0 aromatic carbocycles. The van der Waals surface area contributed by atoms with Crippen LogP contribution in [0.3, 0.4) is 0 Å². The second kappa shape index (κ2) is 8.45. The fourth-order valence-electron chi connectivity index (χ4n) is 1.20. The van der Waals surface area contributed by atoms with Crippen LogP contribution in [0.25, 0.3) is 0 Å². The van der Waals surface area contributed by atoms with Gasteiger partial charge in [-0.15, -0.1) is 0 Å². The van der Waals surface area contributed by atoms with Gasteiger partial charge in [0.15, 0.2) is 6.29 Å². The number of pyridine rings is 1. The van der Waals surface area contributed by atoms with Gasteiger partial charge in [-0.3, -0.25) is 9.78 Å². The average molecular weight is 277 g/mol. The molecule has 5 heteroatoms. The van der Waals surface area contributed by atoms with Crippen molar-refractivity contribution < 1.29 is 4.79 Å². The van der Waals surface area contributed by atoms with Crippen LogP contribution in [0.1, 0.15) is 38.1 Å². The smallest absolute Gasteiger partial charge is 0.153 e. The number of aldehydes is 1. The summed E-state index contributed by atoms with van der Waals surface area (Å²) in [7, 11) is 0. The third-order valence-electron chi connectivity index (χ3n) is 1.67. The first-order valence-electron chi connectivity index (χ1n) is 5.38. The Bertz CT molecular complexity index is 328. The monoisotopic (exact) mass is 276 g/mol. The van der Waals surface area contributed by atoms with E-state index in [2.05, 4.69) is 38.0 Å². The molecule has 1 heterocycles. The second-order valence-corrected chi connectivity index (χ2v) is 4.93. The average Bonchev–Trinajstić information content (AvgIpc) is 2.16. The predicted octanol–water partition coefficient (Wildman–Crippen LogP) is 3.59. The summed E-state index contributed by atoms with van der Waals surface area (Å²) in [5.41, 5.74) is 0.290. The van der Waals surface area contributed by atoms with Crippen LogP contribution in [0.2, 0.25) is 10.0 Å². The lowest BCUT2D eigenvalue weighted by Gasteiger charge is -2.10. The van der Waals surface area contributed by atoms with Gasteiger partial charge >= 0.3 is 0 Å². The van der Waals surface area contributed by atoms with E-state index in [1.54, 1.807) is 0 Å². The molecule has 0 bridgehead atoms. The zero-order valence-corrected chi connectivity index (χ0v) is 12.0. The van der Waals surface area contributed by atoms with Crippen molar-refractivity contribution in [1.82, 2.24) is 10.3 Å². The van der Waals surface area contributed by atoms with Crippen LogP contribution in [0.4, 0.5) is 0 Å². The molecule has 0 saturated heterocycles. The van der Waals surface area contributed by atoms with Crippen LogP contribution in [-0.4, -0.2) is 23.4 Å². The van der Waals surface area contributed by atoms with E-state index in [4.69, 9.17) is 23.2 Å². The molecule has 1 rings (SSSR count). The third kappa shape index (κ3) is 7.31. The zero-order valence-electron chi connectivity index (χ0n) is 10.5. The summed E-state index contributed by atoms with van der Waals surface area (Å²) in [6.07, 6.45) is 3.35. The van der Waals surface area contributed by atoms with Crippen molar-refractivity contribution in [2.45, 2.75) is 39.8 Å². The highest BCUT2D eigenvalue weighted by Gasteiger charge is 2.02. The molecule has 1 N–H and O–H groups in total. The van der Waals surface area contributed by atoms with Crippen molar-refractivity contribution in [2.24, 2.45) is 0 Å². The minimum absolute atomic E-state index is 0.280. The van der Waals surface area contributed by atoms with Crippen molar-refractivity contribution in [2.75, 3.05) is 0 Å². The number of nitrogens with zero attached hydrogens (tertiary/aromatic N) is 1. The van der Waals surface area contributed by atoms with Gasteiger partial charge < -0.3 is 5.32 Å². The molecule has 0 spiro atoms. The lowest BCUT2D eigenvalue weighted by atomic mass is 10.3. The molecule has 0 saturated carbocycles. The van der Waals surface area contributed by atoms with Gasteiger partial charge in [-0.2, -0.15) is 0 Å². The van der Waals surface area contributed by atoms with Gasteiger partial charge in [0.25, 0.3) is 0 Å². The number of hydrogen-bond acceptors (Lipinski definition) is 3. The Morgan fingerprint density at radius 1 is 1.12 bits per heavy atom. The summed E-state index contributed by atoms with van der Waals surface area (Å²) in [4.78, 5) is 13.9. The van der Waals surface area contributed by atoms with E-state index < -0.39 is 0 Å². The molecule has 3 nitrogen and oxygen atoms in total. The summed E-state index contributed by atoms with van der Waals surface area (Å²) in [5, 5.41) is 3.87. The maximum atomic E-state index is 10.3. The lowest BCUT2D eigenvalue weighted by Crippen LogP contribution is -2.29. The van der Waals surface area contributed by atoms with E-state index in [1.165, 1.54) is 12.4 Å². The van der Waals surface area contributed by atoms with Gasteiger partial charge in [0.1, 0.15) is 0 Å². The maximum Gasteiger partial charge on any atom is 0.153 e. The Labute approximate surface area is 113 Å². The van der Waals surface area contributed by atoms with Crippen LogP contribution >= 0.6 is 23.2 Å². The number of halogens is 2. The van der Waals surface area contributed by atoms with Crippen LogP contribution in [0.15, 0.2) is 12.4 Å². The molecule has 0 aliphatic rings. The van der Waals surface area contributed by atoms with E-state index in [1.807, 2.05) is 0 Å². The minimum atomic E-state index is 0.280. The van der Waals surface area contributed by atoms with Crippen LogP contribution in [-0.2, 0) is 0 Å². The standard InChI is InChI=1S/C6H3Cl2NO.C6H15N/c7-5-1-9-2-6(8)4(5)3-10;1-5(2)7-6(3)4/h1-3H;5-7H,1-4H3. The normalized spacial score (nSPS) is 10.1. The maximum absolute atomic E-state index is 10.3. The van der Waals surface area contributed by atoms with E-state index >= 15 is 0 Å². The van der Waals surface area contributed by atoms with E-state index in [0.717, 1.165) is 0 Å². The number of nitrogens with one attached hydrogen (secondary N) is 1. The lowest BCUT2D eigenvalue weighted by molar-refractivity contribution is 0.112. The number of rotatable bonds is 3. The summed E-state index contributed by atoms with van der Waals surface area (Å²) >= 11 is 11.1. The molecule has 0 aliphatic heterocycles. The molecule has 0 atom stereocenters. The fourth-order valence-corrected chi connectivity index (χ4v) is 1.65. The highest BCUT2D eigenvalue weighted by Crippen LogP contribution is 2.19. The summed E-state index contributed by atoms with van der Waals surface area (Å²) in [6.45, 7) is 8.61. The first kappa shape index (κ1) is 16.4. The van der Waals surface area contributed by atoms with E-state index in [-0.39, 0.29) is 10.0 Å². The minimum Gasteiger partial charge on any atom is -0.312 e. The van der Waals surface area contributed by atoms with E-state index in [0.29, 0.717) is 23.9 Å². The quantitative estimate of drug-likeness (QED) is 0.858. The Morgan fingerprint density at radius 3 is 1.71 bits per heavy atom. The molecule has 1 aromatic heterocycles. The van der Waals surface area contributed by atoms with Crippen molar-refractivity contribution in [1.29, 1.82) is 0 Å². The fraction of sp³-hybridized carbons (Fsp3) is 0.500. The molecule has 0 unspecified atom stereocenters. The zero-order chi connectivity index (χ0) is 13.4. The largest absolute Gasteiger partial charge is 0.312 e. The van der Waals surface area contributed by atoms with Crippen molar-refractivity contribution in [3.8, 4) is 0 Å². The van der Waals surface area contributed by atoms with Crippen molar-refractivity contribution in [3.63, 3.8) is 0 Å². The predicted molar refractivity (Wildman–Crippen MR) is 73.1 cm³/mol. The highest BCUT2D eigenvalue weighted by molar-refractivity contribution is 6.38. The Kier molecular flexibility index (Phi) is 8.13. The van der Waals surface area contributed by atoms with Crippen LogP contribution < -0.4 is 5.32 Å². The van der Waals surface area contributed by atoms with Gasteiger partial charge in [0.05, 0.1) is 15.6 Å². The van der Waals surface area contributed by atoms with Gasteiger partial charge in [0.2, 0.25) is 0 Å². The van der Waals surface area contributed by atoms with Crippen molar-refractivity contribution >= 4 is 29.5 Å². The second-order valence-electron chi connectivity index (χ2n) is 4.11. The Hall–Kier alpha value is -0.640. The van der Waals surface area contributed by atoms with Crippen LogP contribution in [0, 0.1) is 0 Å². The van der Waals surface area contributed by atoms with Gasteiger partial charge in [0, 0.05) is 24.5 Å². The van der Waals surface area contributed by atoms with Gasteiger partial charge in [-0.25, -0.2) is 0 Å². The molecule has 0 radical (unpaired) electrons. The van der Waals surface area contributed by atoms with E-state index in [9.17, 15) is 4.79 Å². The van der Waals surface area contributed by atoms with Crippen molar-refractivity contribution in [3.05, 3.63) is 28.0 Å². The molecule has 1 aromatic rings. The molecule has 0 aliphatic carbocycles. The number of hydrogen-bond donors (Lipinski definition) is 1. The topological polar surface area (TPSA) is 42.0 Å². The molecule has 0 fully saturated rings. The first-order chi connectivity index (χ1) is 7.88. The molecular formula is C12H18Cl2N2O. The molecule has 96 valence electrons. The summed E-state index contributed by atoms with van der Waals surface area (Å²) in [5.74, 6) is 0.